The molecular weight excluding hydrogens is 353 g/mol. The molecule has 0 unspecified atom stereocenters. The van der Waals surface area contributed by atoms with Crippen molar-refractivity contribution >= 4 is 34.8 Å². The molecule has 3 rings (SSSR count). The zero-order valence-corrected chi connectivity index (χ0v) is 13.9. The SMILES string of the molecule is Cc1ncc(Cl)cc1NC(=O)c1cc(-c2ccc(Cl)c(O)c2)on1. The Balaban J connectivity index is 1.83. The van der Waals surface area contributed by atoms with Crippen molar-refractivity contribution in [3.8, 4) is 17.1 Å². The maximum atomic E-state index is 12.3. The first-order valence-corrected chi connectivity index (χ1v) is 7.59. The molecule has 0 bridgehead atoms. The second-order valence-corrected chi connectivity index (χ2v) is 5.83. The van der Waals surface area contributed by atoms with Crippen LogP contribution in [0, 0.1) is 6.92 Å². The molecule has 0 aliphatic carbocycles. The van der Waals surface area contributed by atoms with Crippen molar-refractivity contribution in [1.29, 1.82) is 0 Å². The lowest BCUT2D eigenvalue weighted by atomic mass is 10.1. The molecular formula is C16H11Cl2N3O3. The molecule has 122 valence electrons. The van der Waals surface area contributed by atoms with Gasteiger partial charge in [-0.2, -0.15) is 0 Å². The van der Waals surface area contributed by atoms with Crippen molar-refractivity contribution in [2.24, 2.45) is 0 Å². The summed E-state index contributed by atoms with van der Waals surface area (Å²) in [6.45, 7) is 1.75. The largest absolute Gasteiger partial charge is 0.506 e. The van der Waals surface area contributed by atoms with Gasteiger partial charge in [0.25, 0.3) is 5.91 Å². The van der Waals surface area contributed by atoms with E-state index in [4.69, 9.17) is 27.7 Å². The minimum Gasteiger partial charge on any atom is -0.506 e. The number of hydrogen-bond acceptors (Lipinski definition) is 5. The monoisotopic (exact) mass is 363 g/mol. The smallest absolute Gasteiger partial charge is 0.277 e. The molecule has 24 heavy (non-hydrogen) atoms. The van der Waals surface area contributed by atoms with Crippen LogP contribution in [0.4, 0.5) is 5.69 Å². The van der Waals surface area contributed by atoms with E-state index in [1.54, 1.807) is 19.1 Å². The van der Waals surface area contributed by atoms with Crippen LogP contribution in [0.5, 0.6) is 5.75 Å². The number of aromatic hydroxyl groups is 1. The van der Waals surface area contributed by atoms with Gasteiger partial charge in [-0.15, -0.1) is 0 Å². The number of carbonyl (C=O) groups excluding carboxylic acids is 1. The fourth-order valence-electron chi connectivity index (χ4n) is 2.00. The number of pyridine rings is 1. The van der Waals surface area contributed by atoms with Crippen LogP contribution in [0.15, 0.2) is 41.1 Å². The molecule has 8 heteroatoms. The third-order valence-corrected chi connectivity index (χ3v) is 3.80. The molecule has 2 N–H and O–H groups in total. The summed E-state index contributed by atoms with van der Waals surface area (Å²) in [6, 6.07) is 7.66. The number of nitrogens with zero attached hydrogens (tertiary/aromatic N) is 2. The Morgan fingerprint density at radius 3 is 2.79 bits per heavy atom. The Morgan fingerprint density at radius 2 is 2.04 bits per heavy atom. The first kappa shape index (κ1) is 16.3. The molecule has 0 saturated heterocycles. The summed E-state index contributed by atoms with van der Waals surface area (Å²) >= 11 is 11.6. The van der Waals surface area contributed by atoms with Gasteiger partial charge in [0, 0.05) is 17.8 Å². The van der Waals surface area contributed by atoms with E-state index in [2.05, 4.69) is 15.5 Å². The number of rotatable bonds is 3. The van der Waals surface area contributed by atoms with Crippen molar-refractivity contribution in [1.82, 2.24) is 10.1 Å². The Kier molecular flexibility index (Phi) is 4.42. The topological polar surface area (TPSA) is 88.2 Å². The Hall–Kier alpha value is -2.57. The molecule has 1 amide bonds. The Bertz CT molecular complexity index is 925. The molecule has 3 aromatic rings. The van der Waals surface area contributed by atoms with Gasteiger partial charge in [0.2, 0.25) is 0 Å². The number of nitrogens with one attached hydrogen (secondary N) is 1. The fourth-order valence-corrected chi connectivity index (χ4v) is 2.28. The van der Waals surface area contributed by atoms with Crippen LogP contribution in [-0.2, 0) is 0 Å². The van der Waals surface area contributed by atoms with E-state index in [1.165, 1.54) is 24.4 Å². The fraction of sp³-hybridized carbons (Fsp3) is 0.0625. The number of hydrogen-bond donors (Lipinski definition) is 2. The van der Waals surface area contributed by atoms with Crippen LogP contribution in [0.3, 0.4) is 0 Å². The lowest BCUT2D eigenvalue weighted by molar-refractivity contribution is 0.101. The van der Waals surface area contributed by atoms with Gasteiger partial charge in [0.1, 0.15) is 5.75 Å². The lowest BCUT2D eigenvalue weighted by Crippen LogP contribution is -2.13. The molecule has 0 radical (unpaired) electrons. The van der Waals surface area contributed by atoms with E-state index in [0.29, 0.717) is 27.7 Å². The van der Waals surface area contributed by atoms with Crippen LogP contribution >= 0.6 is 23.2 Å². The number of phenols is 1. The zero-order chi connectivity index (χ0) is 17.3. The predicted octanol–water partition coefficient (Wildman–Crippen LogP) is 4.31. The van der Waals surface area contributed by atoms with Crippen LogP contribution in [-0.4, -0.2) is 21.2 Å². The van der Waals surface area contributed by atoms with Crippen LogP contribution in [0.1, 0.15) is 16.2 Å². The second kappa shape index (κ2) is 6.51. The molecule has 0 atom stereocenters. The number of amides is 1. The standard InChI is InChI=1S/C16H11Cl2N3O3/c1-8-12(5-10(17)7-19-8)20-16(23)13-6-15(24-21-13)9-2-3-11(18)14(22)4-9/h2-7,22H,1H3,(H,20,23). The summed E-state index contributed by atoms with van der Waals surface area (Å²) in [5.74, 6) is -0.222. The third-order valence-electron chi connectivity index (χ3n) is 3.28. The number of benzene rings is 1. The van der Waals surface area contributed by atoms with Gasteiger partial charge in [0.05, 0.1) is 21.4 Å². The number of aryl methyl sites for hydroxylation is 1. The summed E-state index contributed by atoms with van der Waals surface area (Å²) in [5, 5.41) is 16.7. The van der Waals surface area contributed by atoms with Gasteiger partial charge in [-0.25, -0.2) is 0 Å². The predicted molar refractivity (Wildman–Crippen MR) is 90.6 cm³/mol. The molecule has 0 spiro atoms. The van der Waals surface area contributed by atoms with Gasteiger partial charge in [0.15, 0.2) is 11.5 Å². The minimum absolute atomic E-state index is 0.0822. The summed E-state index contributed by atoms with van der Waals surface area (Å²) in [6.07, 6.45) is 1.49. The average molecular weight is 364 g/mol. The highest BCUT2D eigenvalue weighted by Gasteiger charge is 2.16. The normalized spacial score (nSPS) is 10.6. The van der Waals surface area contributed by atoms with Gasteiger partial charge < -0.3 is 14.9 Å². The van der Waals surface area contributed by atoms with Crippen LogP contribution in [0.25, 0.3) is 11.3 Å². The van der Waals surface area contributed by atoms with E-state index in [1.807, 2.05) is 0 Å². The number of phenolic OH excluding ortho intramolecular Hbond substituents is 1. The van der Waals surface area contributed by atoms with Gasteiger partial charge in [-0.05, 0) is 31.2 Å². The number of halogens is 2. The van der Waals surface area contributed by atoms with E-state index in [-0.39, 0.29) is 16.5 Å². The summed E-state index contributed by atoms with van der Waals surface area (Å²) in [5.41, 5.74) is 1.74. The highest BCUT2D eigenvalue weighted by molar-refractivity contribution is 6.32. The van der Waals surface area contributed by atoms with Gasteiger partial charge >= 0.3 is 0 Å². The second-order valence-electron chi connectivity index (χ2n) is 4.98. The van der Waals surface area contributed by atoms with Crippen molar-refractivity contribution in [2.45, 2.75) is 6.92 Å². The molecule has 6 nitrogen and oxygen atoms in total. The quantitative estimate of drug-likeness (QED) is 0.723. The van der Waals surface area contributed by atoms with Crippen molar-refractivity contribution < 1.29 is 14.4 Å². The van der Waals surface area contributed by atoms with Crippen LogP contribution in [0.2, 0.25) is 10.0 Å². The number of carbonyl (C=O) groups is 1. The first-order chi connectivity index (χ1) is 11.4. The minimum atomic E-state index is -0.463. The third kappa shape index (κ3) is 3.34. The molecule has 0 saturated carbocycles. The van der Waals surface area contributed by atoms with Crippen LogP contribution < -0.4 is 5.32 Å². The van der Waals surface area contributed by atoms with Crippen molar-refractivity contribution in [2.75, 3.05) is 5.32 Å². The number of aromatic nitrogens is 2. The first-order valence-electron chi connectivity index (χ1n) is 6.83. The summed E-state index contributed by atoms with van der Waals surface area (Å²) in [4.78, 5) is 16.3. The zero-order valence-electron chi connectivity index (χ0n) is 12.4. The van der Waals surface area contributed by atoms with E-state index >= 15 is 0 Å². The van der Waals surface area contributed by atoms with Crippen molar-refractivity contribution in [3.63, 3.8) is 0 Å². The number of anilines is 1. The lowest BCUT2D eigenvalue weighted by Gasteiger charge is -2.05. The molecule has 1 aromatic carbocycles. The molecule has 0 fully saturated rings. The summed E-state index contributed by atoms with van der Waals surface area (Å²) < 4.78 is 5.15. The molecule has 0 aliphatic rings. The van der Waals surface area contributed by atoms with Gasteiger partial charge in [-0.3, -0.25) is 9.78 Å². The molecule has 2 aromatic heterocycles. The van der Waals surface area contributed by atoms with Crippen molar-refractivity contribution in [3.05, 3.63) is 58.0 Å². The van der Waals surface area contributed by atoms with E-state index in [9.17, 15) is 9.90 Å². The highest BCUT2D eigenvalue weighted by atomic mass is 35.5. The molecule has 0 aliphatic heterocycles. The summed E-state index contributed by atoms with van der Waals surface area (Å²) in [7, 11) is 0. The maximum Gasteiger partial charge on any atom is 0.277 e. The Morgan fingerprint density at radius 1 is 1.25 bits per heavy atom. The van der Waals surface area contributed by atoms with Gasteiger partial charge in [-0.1, -0.05) is 28.4 Å². The van der Waals surface area contributed by atoms with E-state index in [0.717, 1.165) is 0 Å². The highest BCUT2D eigenvalue weighted by Crippen LogP contribution is 2.30. The Labute approximate surface area is 147 Å². The van der Waals surface area contributed by atoms with E-state index < -0.39 is 5.91 Å². The maximum absolute atomic E-state index is 12.3. The average Bonchev–Trinajstić information content (AvgIpc) is 3.03. The molecule has 2 heterocycles.